The molecule has 1 aromatic heterocycles. The van der Waals surface area contributed by atoms with Gasteiger partial charge in [-0.2, -0.15) is 5.10 Å². The number of aryl methyl sites for hydroxylation is 1. The number of aromatic nitrogens is 2. The van der Waals surface area contributed by atoms with E-state index in [9.17, 15) is 0 Å². The fourth-order valence-electron chi connectivity index (χ4n) is 2.50. The molecule has 4 nitrogen and oxygen atoms in total. The van der Waals surface area contributed by atoms with Crippen LogP contribution in [0.5, 0.6) is 0 Å². The van der Waals surface area contributed by atoms with Crippen LogP contribution in [-0.4, -0.2) is 29.0 Å². The quantitative estimate of drug-likeness (QED) is 0.851. The van der Waals surface area contributed by atoms with Gasteiger partial charge < -0.3 is 10.1 Å². The van der Waals surface area contributed by atoms with E-state index in [4.69, 9.17) is 4.74 Å². The molecule has 1 saturated heterocycles. The first-order chi connectivity index (χ1) is 8.26. The van der Waals surface area contributed by atoms with E-state index in [1.54, 1.807) is 0 Å². The van der Waals surface area contributed by atoms with Gasteiger partial charge in [-0.3, -0.25) is 4.68 Å². The third-order valence-electron chi connectivity index (χ3n) is 3.53. The summed E-state index contributed by atoms with van der Waals surface area (Å²) >= 11 is 0. The highest BCUT2D eigenvalue weighted by molar-refractivity contribution is 5.13. The summed E-state index contributed by atoms with van der Waals surface area (Å²) < 4.78 is 7.85. The number of likely N-dealkylation sites (N-methyl/N-ethyl adjacent to an activating group) is 1. The molecule has 1 aliphatic heterocycles. The van der Waals surface area contributed by atoms with Gasteiger partial charge in [0.1, 0.15) is 0 Å². The molecular formula is C13H23N3O. The van der Waals surface area contributed by atoms with Crippen molar-refractivity contribution in [2.75, 3.05) is 13.2 Å². The topological polar surface area (TPSA) is 39.1 Å². The van der Waals surface area contributed by atoms with Gasteiger partial charge in [-0.1, -0.05) is 13.8 Å². The molecule has 1 N–H and O–H groups in total. The molecule has 3 unspecified atom stereocenters. The van der Waals surface area contributed by atoms with Crippen LogP contribution < -0.4 is 5.32 Å². The van der Waals surface area contributed by atoms with Crippen molar-refractivity contribution in [3.8, 4) is 0 Å². The van der Waals surface area contributed by atoms with E-state index < -0.39 is 0 Å². The summed E-state index contributed by atoms with van der Waals surface area (Å²) in [6, 6.07) is 0.276. The van der Waals surface area contributed by atoms with Crippen molar-refractivity contribution in [3.05, 3.63) is 18.0 Å². The molecule has 17 heavy (non-hydrogen) atoms. The molecule has 2 heterocycles. The van der Waals surface area contributed by atoms with Crippen molar-refractivity contribution >= 4 is 0 Å². The minimum Gasteiger partial charge on any atom is -0.376 e. The second-order valence-corrected chi connectivity index (χ2v) is 4.77. The van der Waals surface area contributed by atoms with Crippen molar-refractivity contribution in [1.82, 2.24) is 15.1 Å². The molecule has 1 aromatic rings. The summed E-state index contributed by atoms with van der Waals surface area (Å²) in [7, 11) is 0. The Morgan fingerprint density at radius 1 is 1.59 bits per heavy atom. The molecule has 3 atom stereocenters. The highest BCUT2D eigenvalue weighted by Crippen LogP contribution is 2.31. The predicted octanol–water partition coefficient (Wildman–Crippen LogP) is 1.98. The minimum absolute atomic E-state index is 0.276. The molecule has 2 rings (SSSR count). The van der Waals surface area contributed by atoms with Crippen LogP contribution in [0.3, 0.4) is 0 Å². The van der Waals surface area contributed by atoms with E-state index in [-0.39, 0.29) is 12.1 Å². The van der Waals surface area contributed by atoms with Crippen LogP contribution in [0.4, 0.5) is 0 Å². The fourth-order valence-corrected chi connectivity index (χ4v) is 2.50. The summed E-state index contributed by atoms with van der Waals surface area (Å²) in [5.74, 6) is 0.615. The third-order valence-corrected chi connectivity index (χ3v) is 3.53. The van der Waals surface area contributed by atoms with Crippen LogP contribution in [0.15, 0.2) is 12.4 Å². The Hall–Kier alpha value is -0.870. The van der Waals surface area contributed by atoms with E-state index in [2.05, 4.69) is 37.4 Å². The molecule has 0 aromatic carbocycles. The highest BCUT2D eigenvalue weighted by Gasteiger charge is 2.33. The minimum atomic E-state index is 0.276. The molecule has 0 saturated carbocycles. The van der Waals surface area contributed by atoms with Crippen LogP contribution in [0.2, 0.25) is 0 Å². The Morgan fingerprint density at radius 3 is 2.94 bits per heavy atom. The predicted molar refractivity (Wildman–Crippen MR) is 67.8 cm³/mol. The average molecular weight is 237 g/mol. The first-order valence-corrected chi connectivity index (χ1v) is 6.63. The lowest BCUT2D eigenvalue weighted by Crippen LogP contribution is -2.34. The first kappa shape index (κ1) is 12.6. The molecule has 1 aliphatic rings. The van der Waals surface area contributed by atoms with Gasteiger partial charge in [-0.25, -0.2) is 0 Å². The van der Waals surface area contributed by atoms with Gasteiger partial charge >= 0.3 is 0 Å². The second kappa shape index (κ2) is 5.65. The molecule has 4 heteroatoms. The maximum atomic E-state index is 5.88. The molecule has 0 aliphatic carbocycles. The zero-order valence-corrected chi connectivity index (χ0v) is 11.0. The molecule has 96 valence electrons. The molecule has 1 fully saturated rings. The summed E-state index contributed by atoms with van der Waals surface area (Å²) in [6.07, 6.45) is 5.53. The van der Waals surface area contributed by atoms with Gasteiger partial charge in [0.2, 0.25) is 0 Å². The van der Waals surface area contributed by atoms with Gasteiger partial charge in [0.25, 0.3) is 0 Å². The van der Waals surface area contributed by atoms with Gasteiger partial charge in [0.15, 0.2) is 0 Å². The normalized spacial score (nSPS) is 26.3. The van der Waals surface area contributed by atoms with Gasteiger partial charge in [-0.05, 0) is 25.8 Å². The summed E-state index contributed by atoms with van der Waals surface area (Å²) in [4.78, 5) is 0. The molecule has 0 bridgehead atoms. The number of hydrogen-bond acceptors (Lipinski definition) is 3. The van der Waals surface area contributed by atoms with Crippen molar-refractivity contribution < 1.29 is 4.74 Å². The van der Waals surface area contributed by atoms with E-state index in [1.165, 1.54) is 5.56 Å². The SMILES string of the molecule is CCNC(c1cnn(CC)c1)C1OCCC1C. The number of nitrogens with one attached hydrogen (secondary N) is 1. The van der Waals surface area contributed by atoms with E-state index >= 15 is 0 Å². The van der Waals surface area contributed by atoms with Crippen molar-refractivity contribution in [1.29, 1.82) is 0 Å². The standard InChI is InChI=1S/C13H23N3O/c1-4-14-12(13-10(3)6-7-17-13)11-8-15-16(5-2)9-11/h8-10,12-14H,4-7H2,1-3H3. The average Bonchev–Trinajstić information content (AvgIpc) is 2.95. The zero-order chi connectivity index (χ0) is 12.3. The Balaban J connectivity index is 2.15. The maximum absolute atomic E-state index is 5.88. The van der Waals surface area contributed by atoms with E-state index in [0.717, 1.165) is 26.1 Å². The monoisotopic (exact) mass is 237 g/mol. The van der Waals surface area contributed by atoms with Crippen molar-refractivity contribution in [3.63, 3.8) is 0 Å². The lowest BCUT2D eigenvalue weighted by molar-refractivity contribution is 0.0612. The molecular weight excluding hydrogens is 214 g/mol. The lowest BCUT2D eigenvalue weighted by Gasteiger charge is -2.25. The van der Waals surface area contributed by atoms with Crippen LogP contribution >= 0.6 is 0 Å². The van der Waals surface area contributed by atoms with Gasteiger partial charge in [0.05, 0.1) is 18.3 Å². The van der Waals surface area contributed by atoms with E-state index in [0.29, 0.717) is 5.92 Å². The summed E-state index contributed by atoms with van der Waals surface area (Å²) in [5, 5.41) is 7.89. The largest absolute Gasteiger partial charge is 0.376 e. The molecule has 0 amide bonds. The van der Waals surface area contributed by atoms with Crippen LogP contribution in [-0.2, 0) is 11.3 Å². The third kappa shape index (κ3) is 2.69. The smallest absolute Gasteiger partial charge is 0.0797 e. The van der Waals surface area contributed by atoms with Crippen molar-refractivity contribution in [2.24, 2.45) is 5.92 Å². The van der Waals surface area contributed by atoms with Crippen LogP contribution in [0, 0.1) is 5.92 Å². The number of rotatable bonds is 5. The van der Waals surface area contributed by atoms with Gasteiger partial charge in [-0.15, -0.1) is 0 Å². The maximum Gasteiger partial charge on any atom is 0.0797 e. The Kier molecular flexibility index (Phi) is 4.18. The number of ether oxygens (including phenoxy) is 1. The highest BCUT2D eigenvalue weighted by atomic mass is 16.5. The van der Waals surface area contributed by atoms with Crippen LogP contribution in [0.1, 0.15) is 38.8 Å². The zero-order valence-electron chi connectivity index (χ0n) is 11.0. The molecule has 0 spiro atoms. The lowest BCUT2D eigenvalue weighted by atomic mass is 9.94. The van der Waals surface area contributed by atoms with Crippen LogP contribution in [0.25, 0.3) is 0 Å². The van der Waals surface area contributed by atoms with Gasteiger partial charge in [0, 0.05) is 24.9 Å². The fraction of sp³-hybridized carbons (Fsp3) is 0.769. The summed E-state index contributed by atoms with van der Waals surface area (Å²) in [5.41, 5.74) is 1.24. The Morgan fingerprint density at radius 2 is 2.41 bits per heavy atom. The molecule has 0 radical (unpaired) electrons. The first-order valence-electron chi connectivity index (χ1n) is 6.63. The van der Waals surface area contributed by atoms with Crippen molar-refractivity contribution in [2.45, 2.75) is 45.9 Å². The number of hydrogen-bond donors (Lipinski definition) is 1. The Labute approximate surface area is 103 Å². The summed E-state index contributed by atoms with van der Waals surface area (Å²) in [6.45, 7) is 9.26. The van der Waals surface area contributed by atoms with E-state index in [1.807, 2.05) is 10.9 Å². The number of nitrogens with zero attached hydrogens (tertiary/aromatic N) is 2. The second-order valence-electron chi connectivity index (χ2n) is 4.77. The Bertz CT molecular complexity index is 350.